The van der Waals surface area contributed by atoms with Gasteiger partial charge in [0.1, 0.15) is 6.10 Å². The Morgan fingerprint density at radius 3 is 3.04 bits per heavy atom. The van der Waals surface area contributed by atoms with Crippen molar-refractivity contribution < 1.29 is 9.53 Å². The molecule has 3 rings (SSSR count). The van der Waals surface area contributed by atoms with Gasteiger partial charge in [0.25, 0.3) is 0 Å². The van der Waals surface area contributed by atoms with Gasteiger partial charge in [0.05, 0.1) is 18.7 Å². The summed E-state index contributed by atoms with van der Waals surface area (Å²) in [6.07, 6.45) is 3.48. The van der Waals surface area contributed by atoms with Crippen molar-refractivity contribution in [3.05, 3.63) is 52.5 Å². The van der Waals surface area contributed by atoms with Crippen LogP contribution in [0.5, 0.6) is 0 Å². The van der Waals surface area contributed by atoms with Crippen molar-refractivity contribution in [1.82, 2.24) is 15.2 Å². The van der Waals surface area contributed by atoms with Crippen LogP contribution in [0.1, 0.15) is 37.1 Å². The first-order valence-corrected chi connectivity index (χ1v) is 8.70. The number of carbonyl (C=O) groups excluding carboxylic acids is 1. The molecule has 1 fully saturated rings. The zero-order chi connectivity index (χ0) is 16.2. The van der Waals surface area contributed by atoms with E-state index in [-0.39, 0.29) is 24.3 Å². The molecule has 23 heavy (non-hydrogen) atoms. The maximum Gasteiger partial charge on any atom is 0.318 e. The average molecular weight is 331 g/mol. The van der Waals surface area contributed by atoms with Crippen LogP contribution >= 0.6 is 11.3 Å². The molecule has 2 aromatic heterocycles. The lowest BCUT2D eigenvalue weighted by Crippen LogP contribution is -2.50. The minimum atomic E-state index is -0.0750. The number of urea groups is 1. The van der Waals surface area contributed by atoms with Crippen LogP contribution in [0.25, 0.3) is 0 Å². The van der Waals surface area contributed by atoms with Crippen molar-refractivity contribution in [2.45, 2.75) is 32.1 Å². The molecule has 122 valence electrons. The number of nitrogens with one attached hydrogen (secondary N) is 1. The number of ether oxygens (including phenoxy) is 1. The third-order valence-corrected chi connectivity index (χ3v) is 4.69. The van der Waals surface area contributed by atoms with Crippen LogP contribution in [-0.2, 0) is 4.74 Å². The summed E-state index contributed by atoms with van der Waals surface area (Å²) in [5.41, 5.74) is 2.14. The standard InChI is InChI=1S/C17H21N3O2S/c1-12-9-20(10-16(22-12)15-5-7-23-11-15)17(21)19-13(2)14-4-3-6-18-8-14/h3-8,11-13,16H,9-10H2,1-2H3,(H,19,21)/t12-,13+,16+/m1/s1. The van der Waals surface area contributed by atoms with Crippen molar-refractivity contribution in [2.75, 3.05) is 13.1 Å². The highest BCUT2D eigenvalue weighted by molar-refractivity contribution is 7.07. The second kappa shape index (κ2) is 7.10. The van der Waals surface area contributed by atoms with E-state index in [9.17, 15) is 4.79 Å². The van der Waals surface area contributed by atoms with Crippen molar-refractivity contribution >= 4 is 17.4 Å². The summed E-state index contributed by atoms with van der Waals surface area (Å²) in [5, 5.41) is 7.16. The number of carbonyl (C=O) groups is 1. The summed E-state index contributed by atoms with van der Waals surface area (Å²) in [7, 11) is 0. The van der Waals surface area contributed by atoms with Gasteiger partial charge in [-0.15, -0.1) is 0 Å². The van der Waals surface area contributed by atoms with Gasteiger partial charge in [-0.05, 0) is 47.9 Å². The van der Waals surface area contributed by atoms with Crippen LogP contribution in [0.4, 0.5) is 4.79 Å². The van der Waals surface area contributed by atoms with E-state index < -0.39 is 0 Å². The van der Waals surface area contributed by atoms with E-state index in [4.69, 9.17) is 4.74 Å². The molecule has 5 nitrogen and oxygen atoms in total. The smallest absolute Gasteiger partial charge is 0.318 e. The highest BCUT2D eigenvalue weighted by Crippen LogP contribution is 2.27. The zero-order valence-electron chi connectivity index (χ0n) is 13.3. The summed E-state index contributed by atoms with van der Waals surface area (Å²) in [5.74, 6) is 0. The normalized spacial score (nSPS) is 22.6. The van der Waals surface area contributed by atoms with Crippen LogP contribution < -0.4 is 5.32 Å². The molecule has 2 aromatic rings. The second-order valence-electron chi connectivity index (χ2n) is 5.85. The molecule has 2 amide bonds. The molecule has 1 saturated heterocycles. The van der Waals surface area contributed by atoms with E-state index in [0.29, 0.717) is 13.1 Å². The average Bonchev–Trinajstić information content (AvgIpc) is 3.09. The largest absolute Gasteiger partial charge is 0.367 e. The minimum absolute atomic E-state index is 0.0214. The van der Waals surface area contributed by atoms with Crippen molar-refractivity contribution in [1.29, 1.82) is 0 Å². The molecular weight excluding hydrogens is 310 g/mol. The Morgan fingerprint density at radius 1 is 1.48 bits per heavy atom. The lowest BCUT2D eigenvalue weighted by Gasteiger charge is -2.37. The molecule has 1 N–H and O–H groups in total. The number of rotatable bonds is 3. The number of hydrogen-bond acceptors (Lipinski definition) is 4. The van der Waals surface area contributed by atoms with E-state index >= 15 is 0 Å². The number of thiophene rings is 1. The maximum absolute atomic E-state index is 12.6. The number of aromatic nitrogens is 1. The molecule has 3 atom stereocenters. The molecule has 0 unspecified atom stereocenters. The van der Waals surface area contributed by atoms with Crippen LogP contribution in [0.15, 0.2) is 41.4 Å². The predicted octanol–water partition coefficient (Wildman–Crippen LogP) is 3.38. The Balaban J connectivity index is 1.64. The Bertz CT molecular complexity index is 633. The molecule has 0 spiro atoms. The van der Waals surface area contributed by atoms with Gasteiger partial charge in [0, 0.05) is 18.9 Å². The third kappa shape index (κ3) is 3.89. The molecule has 1 aliphatic rings. The Kier molecular flexibility index (Phi) is 4.93. The zero-order valence-corrected chi connectivity index (χ0v) is 14.1. The summed E-state index contributed by atoms with van der Waals surface area (Å²) in [6.45, 7) is 5.15. The fraction of sp³-hybridized carbons (Fsp3) is 0.412. The van der Waals surface area contributed by atoms with Gasteiger partial charge >= 0.3 is 6.03 Å². The SMILES string of the molecule is C[C@@H]1CN(C(=O)N[C@@H](C)c2cccnc2)C[C@@H](c2ccsc2)O1. The van der Waals surface area contributed by atoms with Gasteiger partial charge in [-0.1, -0.05) is 6.07 Å². The van der Waals surface area contributed by atoms with E-state index in [1.54, 1.807) is 23.7 Å². The highest BCUT2D eigenvalue weighted by atomic mass is 32.1. The van der Waals surface area contributed by atoms with Gasteiger partial charge in [-0.25, -0.2) is 4.79 Å². The molecule has 0 saturated carbocycles. The maximum atomic E-state index is 12.6. The lowest BCUT2D eigenvalue weighted by molar-refractivity contribution is -0.0657. The van der Waals surface area contributed by atoms with E-state index in [1.165, 1.54) is 0 Å². The molecule has 6 heteroatoms. The van der Waals surface area contributed by atoms with Gasteiger partial charge in [0.2, 0.25) is 0 Å². The molecule has 0 aromatic carbocycles. The number of pyridine rings is 1. The number of hydrogen-bond donors (Lipinski definition) is 1. The quantitative estimate of drug-likeness (QED) is 0.938. The number of amides is 2. The van der Waals surface area contributed by atoms with E-state index in [2.05, 4.69) is 21.7 Å². The summed E-state index contributed by atoms with van der Waals surface area (Å²) < 4.78 is 5.98. The molecule has 0 radical (unpaired) electrons. The van der Waals surface area contributed by atoms with Gasteiger partial charge < -0.3 is 15.0 Å². The molecule has 3 heterocycles. The number of morpholine rings is 1. The lowest BCUT2D eigenvalue weighted by atomic mass is 10.1. The monoisotopic (exact) mass is 331 g/mol. The Labute approximate surface area is 140 Å². The van der Waals surface area contributed by atoms with Gasteiger partial charge in [-0.2, -0.15) is 11.3 Å². The molecular formula is C17H21N3O2S. The first kappa shape index (κ1) is 16.0. The molecule has 0 aliphatic carbocycles. The topological polar surface area (TPSA) is 54.5 Å². The Hall–Kier alpha value is -1.92. The van der Waals surface area contributed by atoms with Crippen LogP contribution in [0.3, 0.4) is 0 Å². The van der Waals surface area contributed by atoms with Crippen molar-refractivity contribution in [2.24, 2.45) is 0 Å². The van der Waals surface area contributed by atoms with E-state index in [1.807, 2.05) is 36.3 Å². The van der Waals surface area contributed by atoms with Gasteiger partial charge in [-0.3, -0.25) is 4.98 Å². The fourth-order valence-corrected chi connectivity index (χ4v) is 3.45. The van der Waals surface area contributed by atoms with Gasteiger partial charge in [0.15, 0.2) is 0 Å². The summed E-state index contributed by atoms with van der Waals surface area (Å²) in [4.78, 5) is 18.5. The van der Waals surface area contributed by atoms with Crippen LogP contribution in [0.2, 0.25) is 0 Å². The summed E-state index contributed by atoms with van der Waals surface area (Å²) in [6, 6.07) is 5.77. The highest BCUT2D eigenvalue weighted by Gasteiger charge is 2.30. The first-order valence-electron chi connectivity index (χ1n) is 7.76. The van der Waals surface area contributed by atoms with Crippen molar-refractivity contribution in [3.63, 3.8) is 0 Å². The predicted molar refractivity (Wildman–Crippen MR) is 90.4 cm³/mol. The molecule has 0 bridgehead atoms. The fourth-order valence-electron chi connectivity index (χ4n) is 2.75. The summed E-state index contributed by atoms with van der Waals surface area (Å²) >= 11 is 1.65. The number of nitrogens with zero attached hydrogens (tertiary/aromatic N) is 2. The van der Waals surface area contributed by atoms with E-state index in [0.717, 1.165) is 11.1 Å². The second-order valence-corrected chi connectivity index (χ2v) is 6.63. The van der Waals surface area contributed by atoms with Crippen LogP contribution in [-0.4, -0.2) is 35.1 Å². The van der Waals surface area contributed by atoms with Crippen LogP contribution in [0, 0.1) is 0 Å². The molecule has 1 aliphatic heterocycles. The van der Waals surface area contributed by atoms with Crippen molar-refractivity contribution in [3.8, 4) is 0 Å². The third-order valence-electron chi connectivity index (χ3n) is 3.99. The minimum Gasteiger partial charge on any atom is -0.367 e. The Morgan fingerprint density at radius 2 is 2.35 bits per heavy atom. The first-order chi connectivity index (χ1) is 11.1.